The van der Waals surface area contributed by atoms with Crippen LogP contribution in [0.3, 0.4) is 0 Å². The summed E-state index contributed by atoms with van der Waals surface area (Å²) >= 11 is 0. The van der Waals surface area contributed by atoms with Crippen LogP contribution in [0, 0.1) is 11.8 Å². The molecule has 1 aliphatic carbocycles. The van der Waals surface area contributed by atoms with Crippen molar-refractivity contribution in [1.82, 2.24) is 5.32 Å². The van der Waals surface area contributed by atoms with Crippen LogP contribution in [0.25, 0.3) is 0 Å². The van der Waals surface area contributed by atoms with E-state index in [0.717, 1.165) is 17.9 Å². The zero-order valence-electron chi connectivity index (χ0n) is 9.47. The zero-order valence-corrected chi connectivity index (χ0v) is 9.47. The summed E-state index contributed by atoms with van der Waals surface area (Å²) < 4.78 is 0. The lowest BCUT2D eigenvalue weighted by Crippen LogP contribution is -2.33. The summed E-state index contributed by atoms with van der Waals surface area (Å²) in [6.45, 7) is 8.28. The van der Waals surface area contributed by atoms with Gasteiger partial charge in [0.25, 0.3) is 0 Å². The maximum absolute atomic E-state index is 3.70. The van der Waals surface area contributed by atoms with E-state index in [9.17, 15) is 0 Å². The highest BCUT2D eigenvalue weighted by molar-refractivity contribution is 4.84. The van der Waals surface area contributed by atoms with Crippen molar-refractivity contribution in [2.24, 2.45) is 11.8 Å². The number of nitrogens with one attached hydrogen (secondary N) is 1. The molecule has 78 valence electrons. The molecule has 0 aliphatic heterocycles. The van der Waals surface area contributed by atoms with E-state index in [0.29, 0.717) is 0 Å². The first kappa shape index (κ1) is 11.0. The summed E-state index contributed by atoms with van der Waals surface area (Å²) in [5.41, 5.74) is 0. The van der Waals surface area contributed by atoms with Gasteiger partial charge in [0.15, 0.2) is 0 Å². The lowest BCUT2D eigenvalue weighted by atomic mass is 9.98. The maximum Gasteiger partial charge on any atom is 0.00953 e. The molecular formula is C12H25N. The minimum absolute atomic E-state index is 0.812. The molecule has 0 aromatic heterocycles. The predicted molar refractivity (Wildman–Crippen MR) is 58.9 cm³/mol. The molecule has 0 radical (unpaired) electrons. The summed E-state index contributed by atoms with van der Waals surface area (Å²) in [5, 5.41) is 3.70. The minimum atomic E-state index is 0.812. The summed E-state index contributed by atoms with van der Waals surface area (Å²) in [6.07, 6.45) is 6.89. The van der Waals surface area contributed by atoms with Crippen molar-refractivity contribution < 1.29 is 0 Å². The molecule has 0 saturated heterocycles. The molecule has 0 aromatic carbocycles. The molecule has 0 bridgehead atoms. The predicted octanol–water partition coefficient (Wildman–Crippen LogP) is 3.20. The monoisotopic (exact) mass is 183 g/mol. The minimum Gasteiger partial charge on any atom is -0.314 e. The van der Waals surface area contributed by atoms with Gasteiger partial charge in [0.2, 0.25) is 0 Å². The normalized spacial score (nSPS) is 33.9. The lowest BCUT2D eigenvalue weighted by Gasteiger charge is -2.19. The van der Waals surface area contributed by atoms with Gasteiger partial charge in [-0.1, -0.05) is 33.6 Å². The van der Waals surface area contributed by atoms with Gasteiger partial charge >= 0.3 is 0 Å². The van der Waals surface area contributed by atoms with Crippen molar-refractivity contribution in [1.29, 1.82) is 0 Å². The first-order valence-electron chi connectivity index (χ1n) is 5.99. The van der Waals surface area contributed by atoms with Crippen molar-refractivity contribution in [3.8, 4) is 0 Å². The Morgan fingerprint density at radius 1 is 1.15 bits per heavy atom. The molecule has 13 heavy (non-hydrogen) atoms. The Morgan fingerprint density at radius 2 is 1.92 bits per heavy atom. The van der Waals surface area contributed by atoms with Crippen LogP contribution in [-0.2, 0) is 0 Å². The Kier molecular flexibility index (Phi) is 4.79. The number of hydrogen-bond donors (Lipinski definition) is 1. The van der Waals surface area contributed by atoms with Crippen LogP contribution in [0.15, 0.2) is 0 Å². The van der Waals surface area contributed by atoms with Crippen molar-refractivity contribution in [2.75, 3.05) is 6.54 Å². The number of unbranched alkanes of at least 4 members (excludes halogenated alkanes) is 2. The second-order valence-corrected chi connectivity index (χ2v) is 4.68. The first-order valence-corrected chi connectivity index (χ1v) is 5.99. The van der Waals surface area contributed by atoms with Gasteiger partial charge in [0, 0.05) is 6.04 Å². The lowest BCUT2D eigenvalue weighted by molar-refractivity contribution is 0.368. The SMILES string of the molecule is CCCCCNC1CCC(C)C1C. The van der Waals surface area contributed by atoms with Gasteiger partial charge in [0.05, 0.1) is 0 Å². The molecule has 0 amide bonds. The van der Waals surface area contributed by atoms with Gasteiger partial charge in [-0.3, -0.25) is 0 Å². The highest BCUT2D eigenvalue weighted by Crippen LogP contribution is 2.30. The van der Waals surface area contributed by atoms with Gasteiger partial charge in [-0.15, -0.1) is 0 Å². The topological polar surface area (TPSA) is 12.0 Å². The van der Waals surface area contributed by atoms with Crippen LogP contribution in [0.4, 0.5) is 0 Å². The average Bonchev–Trinajstić information content (AvgIpc) is 2.43. The summed E-state index contributed by atoms with van der Waals surface area (Å²) in [5.74, 6) is 1.82. The van der Waals surface area contributed by atoms with Crippen molar-refractivity contribution in [2.45, 2.75) is 58.9 Å². The summed E-state index contributed by atoms with van der Waals surface area (Å²) in [7, 11) is 0. The fourth-order valence-corrected chi connectivity index (χ4v) is 2.32. The van der Waals surface area contributed by atoms with E-state index in [1.165, 1.54) is 38.6 Å². The van der Waals surface area contributed by atoms with Crippen LogP contribution >= 0.6 is 0 Å². The van der Waals surface area contributed by atoms with E-state index in [-0.39, 0.29) is 0 Å². The largest absolute Gasteiger partial charge is 0.314 e. The molecule has 1 aliphatic rings. The number of rotatable bonds is 5. The highest BCUT2D eigenvalue weighted by Gasteiger charge is 2.28. The molecular weight excluding hydrogens is 158 g/mol. The fraction of sp³-hybridized carbons (Fsp3) is 1.00. The van der Waals surface area contributed by atoms with E-state index < -0.39 is 0 Å². The second kappa shape index (κ2) is 5.64. The molecule has 1 fully saturated rings. The third-order valence-corrected chi connectivity index (χ3v) is 3.65. The smallest absolute Gasteiger partial charge is 0.00953 e. The average molecular weight is 183 g/mol. The van der Waals surface area contributed by atoms with Gasteiger partial charge < -0.3 is 5.32 Å². The van der Waals surface area contributed by atoms with E-state index >= 15 is 0 Å². The van der Waals surface area contributed by atoms with Crippen LogP contribution in [0.2, 0.25) is 0 Å². The third-order valence-electron chi connectivity index (χ3n) is 3.65. The van der Waals surface area contributed by atoms with Crippen molar-refractivity contribution >= 4 is 0 Å². The molecule has 3 atom stereocenters. The number of hydrogen-bond acceptors (Lipinski definition) is 1. The third kappa shape index (κ3) is 3.30. The molecule has 1 rings (SSSR count). The van der Waals surface area contributed by atoms with E-state index in [1.54, 1.807) is 0 Å². The standard InChI is InChI=1S/C12H25N/c1-4-5-6-9-13-12-8-7-10(2)11(12)3/h10-13H,4-9H2,1-3H3. The summed E-state index contributed by atoms with van der Waals surface area (Å²) in [4.78, 5) is 0. The molecule has 1 saturated carbocycles. The van der Waals surface area contributed by atoms with Crippen molar-refractivity contribution in [3.63, 3.8) is 0 Å². The van der Waals surface area contributed by atoms with Crippen LogP contribution < -0.4 is 5.32 Å². The molecule has 3 unspecified atom stereocenters. The highest BCUT2D eigenvalue weighted by atomic mass is 14.9. The van der Waals surface area contributed by atoms with Gasteiger partial charge in [0.1, 0.15) is 0 Å². The van der Waals surface area contributed by atoms with Gasteiger partial charge in [-0.05, 0) is 37.6 Å². The second-order valence-electron chi connectivity index (χ2n) is 4.68. The van der Waals surface area contributed by atoms with Gasteiger partial charge in [-0.25, -0.2) is 0 Å². The Hall–Kier alpha value is -0.0400. The van der Waals surface area contributed by atoms with E-state index in [1.807, 2.05) is 0 Å². The molecule has 1 heteroatoms. The fourth-order valence-electron chi connectivity index (χ4n) is 2.32. The summed E-state index contributed by atoms with van der Waals surface area (Å²) in [6, 6.07) is 0.812. The Labute approximate surface area is 83.3 Å². The van der Waals surface area contributed by atoms with Crippen LogP contribution in [0.1, 0.15) is 52.9 Å². The molecule has 0 heterocycles. The van der Waals surface area contributed by atoms with Crippen LogP contribution in [-0.4, -0.2) is 12.6 Å². The van der Waals surface area contributed by atoms with E-state index in [4.69, 9.17) is 0 Å². The molecule has 0 aromatic rings. The first-order chi connectivity index (χ1) is 6.25. The Morgan fingerprint density at radius 3 is 2.46 bits per heavy atom. The Balaban J connectivity index is 2.08. The quantitative estimate of drug-likeness (QED) is 0.645. The molecule has 1 nitrogen and oxygen atoms in total. The van der Waals surface area contributed by atoms with Crippen molar-refractivity contribution in [3.05, 3.63) is 0 Å². The zero-order chi connectivity index (χ0) is 9.68. The molecule has 0 spiro atoms. The van der Waals surface area contributed by atoms with E-state index in [2.05, 4.69) is 26.1 Å². The maximum atomic E-state index is 3.70. The Bertz CT molecular complexity index is 133. The van der Waals surface area contributed by atoms with Gasteiger partial charge in [-0.2, -0.15) is 0 Å². The van der Waals surface area contributed by atoms with Crippen LogP contribution in [0.5, 0.6) is 0 Å². The molecule has 1 N–H and O–H groups in total.